The van der Waals surface area contributed by atoms with E-state index in [-0.39, 0.29) is 17.1 Å². The van der Waals surface area contributed by atoms with Crippen LogP contribution in [-0.2, 0) is 0 Å². The van der Waals surface area contributed by atoms with E-state index in [1.165, 1.54) is 26.5 Å². The van der Waals surface area contributed by atoms with Crippen molar-refractivity contribution in [2.45, 2.75) is 6.92 Å². The van der Waals surface area contributed by atoms with Crippen molar-refractivity contribution in [2.24, 2.45) is 4.99 Å². The second-order valence-corrected chi connectivity index (χ2v) is 5.74. The molecule has 138 valence electrons. The van der Waals surface area contributed by atoms with Gasteiger partial charge in [0.15, 0.2) is 11.5 Å². The molecule has 0 bridgehead atoms. The number of carbonyl (C=O) groups is 1. The summed E-state index contributed by atoms with van der Waals surface area (Å²) in [7, 11) is 2.76. The SMILES string of the molecule is COc1ccc(C=Nc2ccc3c(C)cc(=O)oc3c2)c(C(=O)[O-])c1OC. The molecule has 0 saturated carbocycles. The topological polar surface area (TPSA) is 101 Å². The van der Waals surface area contributed by atoms with E-state index >= 15 is 0 Å². The number of aryl methyl sites for hydroxylation is 1. The molecule has 0 amide bonds. The predicted molar refractivity (Wildman–Crippen MR) is 98.4 cm³/mol. The number of hydrogen-bond acceptors (Lipinski definition) is 7. The van der Waals surface area contributed by atoms with Gasteiger partial charge < -0.3 is 23.8 Å². The fourth-order valence-corrected chi connectivity index (χ4v) is 2.80. The van der Waals surface area contributed by atoms with E-state index in [1.807, 2.05) is 6.92 Å². The molecule has 0 saturated heterocycles. The van der Waals surface area contributed by atoms with Crippen LogP contribution in [-0.4, -0.2) is 26.4 Å². The van der Waals surface area contributed by atoms with E-state index in [0.717, 1.165) is 10.9 Å². The van der Waals surface area contributed by atoms with Crippen molar-refractivity contribution < 1.29 is 23.8 Å². The summed E-state index contributed by atoms with van der Waals surface area (Å²) >= 11 is 0. The number of rotatable bonds is 5. The first-order valence-electron chi connectivity index (χ1n) is 7.99. The van der Waals surface area contributed by atoms with Gasteiger partial charge in [0.05, 0.1) is 31.4 Å². The monoisotopic (exact) mass is 366 g/mol. The quantitative estimate of drug-likeness (QED) is 0.507. The number of nitrogens with zero attached hydrogens (tertiary/aromatic N) is 1. The average molecular weight is 366 g/mol. The van der Waals surface area contributed by atoms with Crippen LogP contribution >= 0.6 is 0 Å². The van der Waals surface area contributed by atoms with Crippen molar-refractivity contribution in [3.63, 3.8) is 0 Å². The molecular formula is C20H16NO6-. The Morgan fingerprint density at radius 2 is 1.93 bits per heavy atom. The Balaban J connectivity index is 2.07. The number of fused-ring (bicyclic) bond motifs is 1. The van der Waals surface area contributed by atoms with Crippen molar-refractivity contribution in [1.29, 1.82) is 0 Å². The summed E-state index contributed by atoms with van der Waals surface area (Å²) in [5.41, 5.74) is 1.38. The largest absolute Gasteiger partial charge is 0.545 e. The highest BCUT2D eigenvalue weighted by Gasteiger charge is 2.15. The van der Waals surface area contributed by atoms with E-state index in [4.69, 9.17) is 13.9 Å². The Morgan fingerprint density at radius 1 is 1.15 bits per heavy atom. The zero-order valence-electron chi connectivity index (χ0n) is 14.9. The highest BCUT2D eigenvalue weighted by atomic mass is 16.5. The van der Waals surface area contributed by atoms with Crippen LogP contribution in [0.15, 0.2) is 50.6 Å². The van der Waals surface area contributed by atoms with E-state index in [1.54, 1.807) is 30.3 Å². The molecule has 7 heteroatoms. The minimum Gasteiger partial charge on any atom is -0.545 e. The van der Waals surface area contributed by atoms with Gasteiger partial charge in [-0.25, -0.2) is 4.79 Å². The maximum Gasteiger partial charge on any atom is 0.336 e. The number of methoxy groups -OCH3 is 2. The number of ether oxygens (including phenoxy) is 2. The van der Waals surface area contributed by atoms with Gasteiger partial charge in [0.25, 0.3) is 0 Å². The molecule has 1 heterocycles. The molecule has 2 aromatic carbocycles. The number of carbonyl (C=O) groups excluding carboxylic acids is 1. The highest BCUT2D eigenvalue weighted by Crippen LogP contribution is 2.33. The van der Waals surface area contributed by atoms with Gasteiger partial charge in [0, 0.05) is 29.3 Å². The van der Waals surface area contributed by atoms with Gasteiger partial charge >= 0.3 is 5.63 Å². The molecule has 3 aromatic rings. The molecule has 0 aliphatic carbocycles. The number of carboxylic acids is 1. The van der Waals surface area contributed by atoms with Crippen LogP contribution in [0.2, 0.25) is 0 Å². The number of benzene rings is 2. The molecule has 0 N–H and O–H groups in total. The average Bonchev–Trinajstić information content (AvgIpc) is 2.64. The van der Waals surface area contributed by atoms with Gasteiger partial charge in [-0.15, -0.1) is 0 Å². The highest BCUT2D eigenvalue weighted by molar-refractivity contribution is 6.01. The Kier molecular flexibility index (Phi) is 4.94. The van der Waals surface area contributed by atoms with Crippen LogP contribution in [0.25, 0.3) is 11.0 Å². The summed E-state index contributed by atoms with van der Waals surface area (Å²) in [5, 5.41) is 12.4. The van der Waals surface area contributed by atoms with Crippen LogP contribution in [0.5, 0.6) is 11.5 Å². The van der Waals surface area contributed by atoms with Gasteiger partial charge in [0.1, 0.15) is 5.58 Å². The standard InChI is InChI=1S/C20H17NO6/c1-11-8-17(22)27-16-9-13(5-6-14(11)16)21-10-12-4-7-15(25-2)19(26-3)18(12)20(23)24/h4-10H,1-3H3,(H,23,24)/p-1. The first-order chi connectivity index (χ1) is 12.9. The summed E-state index contributed by atoms with van der Waals surface area (Å²) in [6, 6.07) is 9.68. The maximum atomic E-state index is 11.6. The zero-order chi connectivity index (χ0) is 19.6. The lowest BCUT2D eigenvalue weighted by Gasteiger charge is -2.15. The summed E-state index contributed by atoms with van der Waals surface area (Å²) < 4.78 is 15.5. The lowest BCUT2D eigenvalue weighted by Crippen LogP contribution is -2.24. The van der Waals surface area contributed by atoms with Crippen molar-refractivity contribution in [3.05, 3.63) is 63.5 Å². The summed E-state index contributed by atoms with van der Waals surface area (Å²) in [6.45, 7) is 1.82. The van der Waals surface area contributed by atoms with E-state index in [9.17, 15) is 14.7 Å². The van der Waals surface area contributed by atoms with Gasteiger partial charge in [-0.1, -0.05) is 0 Å². The number of hydrogen-bond donors (Lipinski definition) is 0. The minimum absolute atomic E-state index is 0.0570. The minimum atomic E-state index is -1.41. The van der Waals surface area contributed by atoms with Crippen LogP contribution in [0.4, 0.5) is 5.69 Å². The van der Waals surface area contributed by atoms with Gasteiger partial charge in [-0.3, -0.25) is 4.99 Å². The predicted octanol–water partition coefficient (Wildman–Crippen LogP) is 2.23. The first kappa shape index (κ1) is 18.2. The summed E-state index contributed by atoms with van der Waals surface area (Å²) in [5.74, 6) is -1.08. The third-order valence-corrected chi connectivity index (χ3v) is 4.07. The fraction of sp³-hybridized carbons (Fsp3) is 0.150. The van der Waals surface area contributed by atoms with Gasteiger partial charge in [-0.2, -0.15) is 0 Å². The van der Waals surface area contributed by atoms with Crippen LogP contribution in [0.3, 0.4) is 0 Å². The van der Waals surface area contributed by atoms with Gasteiger partial charge in [-0.05, 0) is 36.8 Å². The molecule has 1 aromatic heterocycles. The van der Waals surface area contributed by atoms with E-state index in [2.05, 4.69) is 4.99 Å². The van der Waals surface area contributed by atoms with Crippen LogP contribution in [0.1, 0.15) is 21.5 Å². The number of aliphatic imine (C=N–C) groups is 1. The second kappa shape index (κ2) is 7.33. The zero-order valence-corrected chi connectivity index (χ0v) is 14.9. The van der Waals surface area contributed by atoms with Crippen molar-refractivity contribution in [2.75, 3.05) is 14.2 Å². The Labute approximate surface area is 154 Å². The molecule has 0 fully saturated rings. The molecule has 0 aliphatic heterocycles. The van der Waals surface area contributed by atoms with Crippen LogP contribution < -0.4 is 20.2 Å². The molecule has 0 aliphatic rings. The van der Waals surface area contributed by atoms with Crippen molar-refractivity contribution in [3.8, 4) is 11.5 Å². The second-order valence-electron chi connectivity index (χ2n) is 5.74. The van der Waals surface area contributed by atoms with Crippen molar-refractivity contribution in [1.82, 2.24) is 0 Å². The summed E-state index contributed by atoms with van der Waals surface area (Å²) in [6.07, 6.45) is 1.38. The third kappa shape index (κ3) is 3.52. The lowest BCUT2D eigenvalue weighted by molar-refractivity contribution is -0.255. The van der Waals surface area contributed by atoms with E-state index in [0.29, 0.717) is 16.8 Å². The number of aromatic carboxylic acids is 1. The molecule has 0 radical (unpaired) electrons. The molecule has 7 nitrogen and oxygen atoms in total. The molecule has 0 spiro atoms. The molecule has 0 atom stereocenters. The van der Waals surface area contributed by atoms with E-state index < -0.39 is 11.6 Å². The van der Waals surface area contributed by atoms with Crippen LogP contribution in [0, 0.1) is 6.92 Å². The van der Waals surface area contributed by atoms with Crippen molar-refractivity contribution >= 4 is 28.8 Å². The Morgan fingerprint density at radius 3 is 2.59 bits per heavy atom. The third-order valence-electron chi connectivity index (χ3n) is 4.07. The lowest BCUT2D eigenvalue weighted by atomic mass is 10.1. The Bertz CT molecular complexity index is 1110. The summed E-state index contributed by atoms with van der Waals surface area (Å²) in [4.78, 5) is 27.4. The molecule has 3 rings (SSSR count). The maximum absolute atomic E-state index is 11.6. The normalized spacial score (nSPS) is 11.1. The molecule has 27 heavy (non-hydrogen) atoms. The molecular weight excluding hydrogens is 350 g/mol. The Hall–Kier alpha value is -3.61. The number of carboxylic acid groups (broad SMARTS) is 1. The molecule has 0 unspecified atom stereocenters. The first-order valence-corrected chi connectivity index (χ1v) is 7.99. The smallest absolute Gasteiger partial charge is 0.336 e. The van der Waals surface area contributed by atoms with Gasteiger partial charge in [0.2, 0.25) is 0 Å². The fourth-order valence-electron chi connectivity index (χ4n) is 2.80.